The van der Waals surface area contributed by atoms with Crippen molar-refractivity contribution in [2.45, 2.75) is 6.92 Å². The van der Waals surface area contributed by atoms with E-state index in [0.717, 1.165) is 5.56 Å². The van der Waals surface area contributed by atoms with Gasteiger partial charge in [-0.1, -0.05) is 24.3 Å². The summed E-state index contributed by atoms with van der Waals surface area (Å²) < 4.78 is 0. The van der Waals surface area contributed by atoms with Crippen LogP contribution in [0.1, 0.15) is 15.9 Å². The fourth-order valence-corrected chi connectivity index (χ4v) is 1.39. The number of carboxylic acid groups (broad SMARTS) is 1. The lowest BCUT2D eigenvalue weighted by atomic mass is 10.1. The first-order chi connectivity index (χ1) is 9.00. The molecule has 0 aromatic heterocycles. The number of aliphatic carboxylic acids is 1. The molecule has 1 aromatic carbocycles. The first-order valence-electron chi connectivity index (χ1n) is 5.97. The minimum absolute atomic E-state index is 0.102. The summed E-state index contributed by atoms with van der Waals surface area (Å²) in [6.45, 7) is 6.48. The number of carbonyl (C=O) groups is 2. The fraction of sp³-hybridized carbons (Fsp3) is 0.286. The first-order valence-corrected chi connectivity index (χ1v) is 5.97. The zero-order chi connectivity index (χ0) is 14.3. The van der Waals surface area contributed by atoms with Crippen LogP contribution in [-0.2, 0) is 4.79 Å². The summed E-state index contributed by atoms with van der Waals surface area (Å²) in [5.74, 6) is -1.16. The van der Waals surface area contributed by atoms with Gasteiger partial charge in [-0.15, -0.1) is 0 Å². The second kappa shape index (κ2) is 7.33. The lowest BCUT2D eigenvalue weighted by Gasteiger charge is -2.07. The Labute approximate surface area is 112 Å². The molecule has 0 aliphatic carbocycles. The minimum atomic E-state index is -1.02. The minimum Gasteiger partial charge on any atom is -0.478 e. The molecule has 0 radical (unpaired) electrons. The summed E-state index contributed by atoms with van der Waals surface area (Å²) in [5, 5.41) is 14.2. The zero-order valence-electron chi connectivity index (χ0n) is 10.9. The third-order valence-corrected chi connectivity index (χ3v) is 2.54. The van der Waals surface area contributed by atoms with Gasteiger partial charge >= 0.3 is 5.97 Å². The van der Waals surface area contributed by atoms with Gasteiger partial charge < -0.3 is 15.7 Å². The summed E-state index contributed by atoms with van der Waals surface area (Å²) in [6.07, 6.45) is 0. The van der Waals surface area contributed by atoms with Crippen LogP contribution in [-0.4, -0.2) is 36.6 Å². The number of carbonyl (C=O) groups excluding carboxylic acids is 1. The van der Waals surface area contributed by atoms with Crippen LogP contribution in [0, 0.1) is 6.92 Å². The van der Waals surface area contributed by atoms with E-state index in [2.05, 4.69) is 17.2 Å². The van der Waals surface area contributed by atoms with Gasteiger partial charge in [0.25, 0.3) is 5.91 Å². The molecule has 1 aromatic rings. The van der Waals surface area contributed by atoms with E-state index in [1.165, 1.54) is 0 Å². The molecule has 0 atom stereocenters. The van der Waals surface area contributed by atoms with Crippen LogP contribution in [0.15, 0.2) is 36.4 Å². The van der Waals surface area contributed by atoms with E-state index in [-0.39, 0.29) is 18.0 Å². The van der Waals surface area contributed by atoms with Crippen molar-refractivity contribution in [1.82, 2.24) is 10.6 Å². The molecule has 0 saturated heterocycles. The van der Waals surface area contributed by atoms with Crippen LogP contribution in [0.4, 0.5) is 0 Å². The Balaban J connectivity index is 2.23. The van der Waals surface area contributed by atoms with Gasteiger partial charge in [0.15, 0.2) is 0 Å². The van der Waals surface area contributed by atoms with Crippen molar-refractivity contribution in [2.24, 2.45) is 0 Å². The molecule has 0 unspecified atom stereocenters. The topological polar surface area (TPSA) is 78.4 Å². The highest BCUT2D eigenvalue weighted by Gasteiger charge is 2.04. The first kappa shape index (κ1) is 14.9. The molecule has 0 aliphatic rings. The molecule has 0 bridgehead atoms. The average molecular weight is 262 g/mol. The molecule has 19 heavy (non-hydrogen) atoms. The van der Waals surface area contributed by atoms with Gasteiger partial charge in [0.1, 0.15) is 0 Å². The molecule has 0 heterocycles. The third kappa shape index (κ3) is 5.35. The van der Waals surface area contributed by atoms with Crippen molar-refractivity contribution in [3.05, 3.63) is 47.5 Å². The van der Waals surface area contributed by atoms with Crippen LogP contribution in [0.3, 0.4) is 0 Å². The highest BCUT2D eigenvalue weighted by atomic mass is 16.4. The van der Waals surface area contributed by atoms with Gasteiger partial charge in [-0.3, -0.25) is 4.79 Å². The number of aryl methyl sites for hydroxylation is 1. The molecule has 1 rings (SSSR count). The van der Waals surface area contributed by atoms with Gasteiger partial charge in [0.2, 0.25) is 0 Å². The number of hydrogen-bond donors (Lipinski definition) is 3. The van der Waals surface area contributed by atoms with Gasteiger partial charge in [0, 0.05) is 30.8 Å². The predicted molar refractivity (Wildman–Crippen MR) is 73.2 cm³/mol. The van der Waals surface area contributed by atoms with Crippen molar-refractivity contribution in [3.63, 3.8) is 0 Å². The standard InChI is InChI=1S/C14H18N2O3/c1-10-3-5-12(6-4-10)13(17)16-8-7-15-9-11(2)14(18)19/h3-6,15H,2,7-9H2,1H3,(H,16,17)(H,18,19). The van der Waals surface area contributed by atoms with Crippen molar-refractivity contribution < 1.29 is 14.7 Å². The van der Waals surface area contributed by atoms with Crippen LogP contribution < -0.4 is 10.6 Å². The van der Waals surface area contributed by atoms with Gasteiger partial charge in [-0.2, -0.15) is 0 Å². The maximum absolute atomic E-state index is 11.7. The van der Waals surface area contributed by atoms with Crippen LogP contribution in [0.2, 0.25) is 0 Å². The number of nitrogens with one attached hydrogen (secondary N) is 2. The molecular weight excluding hydrogens is 244 g/mol. The van der Waals surface area contributed by atoms with Crippen molar-refractivity contribution in [1.29, 1.82) is 0 Å². The van der Waals surface area contributed by atoms with Crippen LogP contribution in [0.5, 0.6) is 0 Å². The number of rotatable bonds is 7. The van der Waals surface area contributed by atoms with Crippen LogP contribution in [0.25, 0.3) is 0 Å². The Morgan fingerprint density at radius 2 is 1.84 bits per heavy atom. The average Bonchev–Trinajstić information content (AvgIpc) is 2.38. The summed E-state index contributed by atoms with van der Waals surface area (Å²) in [4.78, 5) is 22.2. The number of amides is 1. The third-order valence-electron chi connectivity index (χ3n) is 2.54. The highest BCUT2D eigenvalue weighted by molar-refractivity contribution is 5.94. The highest BCUT2D eigenvalue weighted by Crippen LogP contribution is 2.02. The molecule has 0 saturated carbocycles. The fourth-order valence-electron chi connectivity index (χ4n) is 1.39. The van der Waals surface area contributed by atoms with Gasteiger partial charge in [-0.05, 0) is 19.1 Å². The molecular formula is C14H18N2O3. The van der Waals surface area contributed by atoms with Gasteiger partial charge in [-0.25, -0.2) is 4.79 Å². The number of hydrogen-bond acceptors (Lipinski definition) is 3. The maximum atomic E-state index is 11.7. The largest absolute Gasteiger partial charge is 0.478 e. The lowest BCUT2D eigenvalue weighted by molar-refractivity contribution is -0.132. The normalized spacial score (nSPS) is 9.95. The number of carboxylic acids is 1. The molecule has 5 heteroatoms. The zero-order valence-corrected chi connectivity index (χ0v) is 10.9. The molecule has 1 amide bonds. The molecule has 0 fully saturated rings. The molecule has 5 nitrogen and oxygen atoms in total. The van der Waals surface area contributed by atoms with Crippen LogP contribution >= 0.6 is 0 Å². The smallest absolute Gasteiger partial charge is 0.332 e. The Morgan fingerprint density at radius 1 is 1.21 bits per heavy atom. The quantitative estimate of drug-likeness (QED) is 0.505. The summed E-state index contributed by atoms with van der Waals surface area (Å²) >= 11 is 0. The van der Waals surface area contributed by atoms with E-state index >= 15 is 0 Å². The summed E-state index contributed by atoms with van der Waals surface area (Å²) in [6, 6.07) is 7.29. The Hall–Kier alpha value is -2.14. The van der Waals surface area contributed by atoms with E-state index in [1.54, 1.807) is 12.1 Å². The van der Waals surface area contributed by atoms with E-state index in [4.69, 9.17) is 5.11 Å². The second-order valence-corrected chi connectivity index (χ2v) is 4.21. The SMILES string of the molecule is C=C(CNCCNC(=O)c1ccc(C)cc1)C(=O)O. The monoisotopic (exact) mass is 262 g/mol. The van der Waals surface area contributed by atoms with Crippen molar-refractivity contribution in [2.75, 3.05) is 19.6 Å². The number of benzene rings is 1. The molecule has 0 aliphatic heterocycles. The van der Waals surface area contributed by atoms with E-state index < -0.39 is 5.97 Å². The predicted octanol–water partition coefficient (Wildman–Crippen LogP) is 0.955. The summed E-state index contributed by atoms with van der Waals surface area (Å²) in [7, 11) is 0. The van der Waals surface area contributed by atoms with E-state index in [1.807, 2.05) is 19.1 Å². The molecule has 102 valence electrons. The van der Waals surface area contributed by atoms with Crippen molar-refractivity contribution >= 4 is 11.9 Å². The van der Waals surface area contributed by atoms with E-state index in [9.17, 15) is 9.59 Å². The lowest BCUT2D eigenvalue weighted by Crippen LogP contribution is -2.33. The molecule has 3 N–H and O–H groups in total. The Bertz CT molecular complexity index is 466. The van der Waals surface area contributed by atoms with Crippen molar-refractivity contribution in [3.8, 4) is 0 Å². The Morgan fingerprint density at radius 3 is 2.42 bits per heavy atom. The Kier molecular flexibility index (Phi) is 5.75. The van der Waals surface area contributed by atoms with Gasteiger partial charge in [0.05, 0.1) is 0 Å². The van der Waals surface area contributed by atoms with E-state index in [0.29, 0.717) is 18.7 Å². The maximum Gasteiger partial charge on any atom is 0.332 e. The summed E-state index contributed by atoms with van der Waals surface area (Å²) in [5.41, 5.74) is 1.82. The molecule has 0 spiro atoms. The second-order valence-electron chi connectivity index (χ2n) is 4.21.